The van der Waals surface area contributed by atoms with Crippen LogP contribution in [0.25, 0.3) is 16.9 Å². The standard InChI is InChI=1S/C17H23N5O5/c1-10-11(2)22-13-14(18-16(22)20(10)8-9-26-4)19(3)17(25)21(15(13)24)7-6-12(23)27-5/h6-9H2,1-5H3. The maximum absolute atomic E-state index is 13.1. The summed E-state index contributed by atoms with van der Waals surface area (Å²) in [6.45, 7) is 4.87. The average molecular weight is 377 g/mol. The monoisotopic (exact) mass is 377 g/mol. The van der Waals surface area contributed by atoms with Crippen LogP contribution >= 0.6 is 0 Å². The topological polar surface area (TPSA) is 102 Å². The lowest BCUT2D eigenvalue weighted by Crippen LogP contribution is -2.40. The summed E-state index contributed by atoms with van der Waals surface area (Å²) in [4.78, 5) is 41.7. The van der Waals surface area contributed by atoms with E-state index in [1.165, 1.54) is 11.7 Å². The van der Waals surface area contributed by atoms with Crippen molar-refractivity contribution in [1.29, 1.82) is 0 Å². The zero-order valence-corrected chi connectivity index (χ0v) is 16.1. The van der Waals surface area contributed by atoms with Crippen molar-refractivity contribution in [3.05, 3.63) is 32.2 Å². The molecule has 3 heterocycles. The Bertz CT molecular complexity index is 1150. The summed E-state index contributed by atoms with van der Waals surface area (Å²) < 4.78 is 15.9. The molecule has 0 aliphatic carbocycles. The smallest absolute Gasteiger partial charge is 0.332 e. The molecule has 0 aliphatic heterocycles. The molecule has 0 radical (unpaired) electrons. The number of aromatic nitrogens is 5. The SMILES string of the molecule is COCCn1c(C)c(C)n2c3c(=O)n(CCC(=O)OC)c(=O)n(C)c3nc12. The molecular weight excluding hydrogens is 354 g/mol. The molecule has 146 valence electrons. The molecule has 27 heavy (non-hydrogen) atoms. The molecule has 0 fully saturated rings. The molecule has 0 atom stereocenters. The van der Waals surface area contributed by atoms with E-state index >= 15 is 0 Å². The molecule has 0 spiro atoms. The molecule has 0 bridgehead atoms. The summed E-state index contributed by atoms with van der Waals surface area (Å²) in [6.07, 6.45) is -0.0635. The van der Waals surface area contributed by atoms with E-state index < -0.39 is 17.2 Å². The predicted octanol–water partition coefficient (Wildman–Crippen LogP) is -0.0243. The summed E-state index contributed by atoms with van der Waals surface area (Å²) in [7, 11) is 4.45. The molecule has 3 aromatic heterocycles. The molecule has 0 amide bonds. The molecule has 0 aliphatic rings. The summed E-state index contributed by atoms with van der Waals surface area (Å²) >= 11 is 0. The van der Waals surface area contributed by atoms with E-state index in [0.29, 0.717) is 30.1 Å². The van der Waals surface area contributed by atoms with Gasteiger partial charge in [0.15, 0.2) is 11.2 Å². The molecule has 0 aromatic carbocycles. The van der Waals surface area contributed by atoms with Gasteiger partial charge in [-0.3, -0.25) is 23.1 Å². The Morgan fingerprint density at radius 1 is 1.07 bits per heavy atom. The van der Waals surface area contributed by atoms with Crippen LogP contribution in [0.2, 0.25) is 0 Å². The molecular formula is C17H23N5O5. The van der Waals surface area contributed by atoms with Crippen molar-refractivity contribution in [2.45, 2.75) is 33.4 Å². The third-order valence-corrected chi connectivity index (χ3v) is 4.92. The van der Waals surface area contributed by atoms with Crippen LogP contribution in [0.1, 0.15) is 17.8 Å². The van der Waals surface area contributed by atoms with Gasteiger partial charge in [0.05, 0.1) is 20.1 Å². The second kappa shape index (κ2) is 7.03. The Hall–Kier alpha value is -2.88. The van der Waals surface area contributed by atoms with Crippen LogP contribution in [0.5, 0.6) is 0 Å². The third-order valence-electron chi connectivity index (χ3n) is 4.92. The number of aryl methyl sites for hydroxylation is 2. The van der Waals surface area contributed by atoms with Gasteiger partial charge in [0.1, 0.15) is 0 Å². The first kappa shape index (κ1) is 18.9. The molecule has 0 saturated carbocycles. The highest BCUT2D eigenvalue weighted by atomic mass is 16.5. The fourth-order valence-corrected chi connectivity index (χ4v) is 3.27. The van der Waals surface area contributed by atoms with Crippen LogP contribution in [-0.4, -0.2) is 49.9 Å². The Labute approximate surface area is 154 Å². The highest BCUT2D eigenvalue weighted by Crippen LogP contribution is 2.20. The lowest BCUT2D eigenvalue weighted by molar-refractivity contribution is -0.140. The number of hydrogen-bond donors (Lipinski definition) is 0. The van der Waals surface area contributed by atoms with Crippen molar-refractivity contribution in [2.24, 2.45) is 7.05 Å². The number of rotatable bonds is 6. The van der Waals surface area contributed by atoms with Gasteiger partial charge in [0.2, 0.25) is 5.78 Å². The summed E-state index contributed by atoms with van der Waals surface area (Å²) in [6, 6.07) is 0. The molecule has 3 aromatic rings. The minimum atomic E-state index is -0.519. The summed E-state index contributed by atoms with van der Waals surface area (Å²) in [5.74, 6) is 0.0927. The molecule has 3 rings (SSSR count). The van der Waals surface area contributed by atoms with E-state index in [0.717, 1.165) is 16.0 Å². The van der Waals surface area contributed by atoms with Gasteiger partial charge in [-0.05, 0) is 13.8 Å². The van der Waals surface area contributed by atoms with Crippen LogP contribution in [0.3, 0.4) is 0 Å². The Morgan fingerprint density at radius 2 is 1.78 bits per heavy atom. The van der Waals surface area contributed by atoms with E-state index in [9.17, 15) is 14.4 Å². The van der Waals surface area contributed by atoms with E-state index in [-0.39, 0.29) is 13.0 Å². The number of carbonyl (C=O) groups is 1. The first-order valence-corrected chi connectivity index (χ1v) is 8.56. The fourth-order valence-electron chi connectivity index (χ4n) is 3.27. The van der Waals surface area contributed by atoms with E-state index in [4.69, 9.17) is 4.74 Å². The van der Waals surface area contributed by atoms with Crippen LogP contribution in [0.15, 0.2) is 9.59 Å². The number of hydrogen-bond acceptors (Lipinski definition) is 6. The molecule has 0 N–H and O–H groups in total. The van der Waals surface area contributed by atoms with Crippen LogP contribution in [0, 0.1) is 13.8 Å². The zero-order chi connectivity index (χ0) is 19.9. The van der Waals surface area contributed by atoms with Gasteiger partial charge in [0, 0.05) is 38.6 Å². The maximum Gasteiger partial charge on any atom is 0.332 e. The summed E-state index contributed by atoms with van der Waals surface area (Å²) in [5, 5.41) is 0. The first-order valence-electron chi connectivity index (χ1n) is 8.56. The number of fused-ring (bicyclic) bond motifs is 3. The predicted molar refractivity (Wildman–Crippen MR) is 98.2 cm³/mol. The Kier molecular flexibility index (Phi) is 4.92. The number of imidazole rings is 2. The normalized spacial score (nSPS) is 11.6. The highest BCUT2D eigenvalue weighted by Gasteiger charge is 2.22. The molecule has 0 saturated heterocycles. The lowest BCUT2D eigenvalue weighted by Gasteiger charge is -2.08. The lowest BCUT2D eigenvalue weighted by atomic mass is 10.3. The van der Waals surface area contributed by atoms with Gasteiger partial charge in [-0.25, -0.2) is 4.79 Å². The number of carbonyl (C=O) groups excluding carboxylic acids is 1. The number of esters is 1. The van der Waals surface area contributed by atoms with E-state index in [2.05, 4.69) is 9.72 Å². The fraction of sp³-hybridized carbons (Fsp3) is 0.529. The number of methoxy groups -OCH3 is 2. The van der Waals surface area contributed by atoms with E-state index in [1.807, 2.05) is 18.4 Å². The summed E-state index contributed by atoms with van der Waals surface area (Å²) in [5.41, 5.74) is 1.45. The molecule has 0 unspecified atom stereocenters. The van der Waals surface area contributed by atoms with Crippen molar-refractivity contribution < 1.29 is 14.3 Å². The van der Waals surface area contributed by atoms with Crippen LogP contribution in [0.4, 0.5) is 0 Å². The van der Waals surface area contributed by atoms with Gasteiger partial charge in [-0.2, -0.15) is 4.98 Å². The second-order valence-corrected chi connectivity index (χ2v) is 6.36. The largest absolute Gasteiger partial charge is 0.469 e. The third kappa shape index (κ3) is 2.85. The maximum atomic E-state index is 13.1. The van der Waals surface area contributed by atoms with Gasteiger partial charge in [-0.15, -0.1) is 0 Å². The van der Waals surface area contributed by atoms with Gasteiger partial charge < -0.3 is 14.0 Å². The molecule has 10 heteroatoms. The van der Waals surface area contributed by atoms with Crippen molar-refractivity contribution in [2.75, 3.05) is 20.8 Å². The van der Waals surface area contributed by atoms with Crippen molar-refractivity contribution in [3.8, 4) is 0 Å². The van der Waals surface area contributed by atoms with Crippen molar-refractivity contribution in [3.63, 3.8) is 0 Å². The van der Waals surface area contributed by atoms with Crippen molar-refractivity contribution >= 4 is 22.9 Å². The number of ether oxygens (including phenoxy) is 2. The highest BCUT2D eigenvalue weighted by molar-refractivity contribution is 5.76. The minimum absolute atomic E-state index is 0.0518. The van der Waals surface area contributed by atoms with Crippen LogP contribution in [-0.2, 0) is 34.4 Å². The Morgan fingerprint density at radius 3 is 2.41 bits per heavy atom. The van der Waals surface area contributed by atoms with Gasteiger partial charge in [0.25, 0.3) is 5.56 Å². The van der Waals surface area contributed by atoms with Gasteiger partial charge >= 0.3 is 11.7 Å². The van der Waals surface area contributed by atoms with E-state index in [1.54, 1.807) is 18.6 Å². The minimum Gasteiger partial charge on any atom is -0.469 e. The second-order valence-electron chi connectivity index (χ2n) is 6.36. The Balaban J connectivity index is 2.31. The van der Waals surface area contributed by atoms with Crippen LogP contribution < -0.4 is 11.2 Å². The average Bonchev–Trinajstić information content (AvgIpc) is 3.15. The quantitative estimate of drug-likeness (QED) is 0.560. The first-order chi connectivity index (χ1) is 12.8. The van der Waals surface area contributed by atoms with Crippen molar-refractivity contribution in [1.82, 2.24) is 23.1 Å². The zero-order valence-electron chi connectivity index (χ0n) is 16.1. The molecule has 10 nitrogen and oxygen atoms in total. The number of nitrogens with zero attached hydrogens (tertiary/aromatic N) is 5. The van der Waals surface area contributed by atoms with Gasteiger partial charge in [-0.1, -0.05) is 0 Å².